The third-order valence-corrected chi connectivity index (χ3v) is 5.68. The second-order valence-corrected chi connectivity index (χ2v) is 8.34. The highest BCUT2D eigenvalue weighted by Crippen LogP contribution is 2.36. The zero-order valence-corrected chi connectivity index (χ0v) is 15.6. The molecule has 13 heteroatoms. The Morgan fingerprint density at radius 1 is 1.33 bits per heavy atom. The summed E-state index contributed by atoms with van der Waals surface area (Å²) in [7, 11) is -5.59. The number of azo groups is 1. The molecule has 0 amide bonds. The molecule has 0 bridgehead atoms. The van der Waals surface area contributed by atoms with E-state index in [4.69, 9.17) is 0 Å². The summed E-state index contributed by atoms with van der Waals surface area (Å²) in [6.45, 7) is 2.73. The van der Waals surface area contributed by atoms with Crippen LogP contribution in [0.15, 0.2) is 33.9 Å². The summed E-state index contributed by atoms with van der Waals surface area (Å²) in [4.78, 5) is 2.00. The number of alkyl halides is 3. The third kappa shape index (κ3) is 4.35. The average Bonchev–Trinajstić information content (AvgIpc) is 3.23. The van der Waals surface area contributed by atoms with Crippen LogP contribution in [0.25, 0.3) is 0 Å². The van der Waals surface area contributed by atoms with Crippen LogP contribution in [0.1, 0.15) is 19.8 Å². The van der Waals surface area contributed by atoms with E-state index in [0.29, 0.717) is 5.69 Å². The molecule has 1 aromatic heterocycles. The Bertz CT molecular complexity index is 931. The molecule has 1 unspecified atom stereocenters. The van der Waals surface area contributed by atoms with Crippen molar-refractivity contribution in [1.82, 2.24) is 10.2 Å². The lowest BCUT2D eigenvalue weighted by atomic mass is 10.2. The molecule has 27 heavy (non-hydrogen) atoms. The first-order valence-corrected chi connectivity index (χ1v) is 10.2. The summed E-state index contributed by atoms with van der Waals surface area (Å²) < 4.78 is 63.1. The summed E-state index contributed by atoms with van der Waals surface area (Å²) >= 11 is 1.08. The van der Waals surface area contributed by atoms with Gasteiger partial charge in [0, 0.05) is 18.3 Å². The van der Waals surface area contributed by atoms with Gasteiger partial charge in [-0.1, -0.05) is 11.3 Å². The highest BCUT2D eigenvalue weighted by Gasteiger charge is 2.46. The van der Waals surface area contributed by atoms with E-state index in [0.717, 1.165) is 30.7 Å². The van der Waals surface area contributed by atoms with E-state index in [1.807, 2.05) is 11.8 Å². The molecule has 2 heterocycles. The Hall–Kier alpha value is -2.28. The lowest BCUT2D eigenvalue weighted by molar-refractivity contribution is -0.0429. The predicted octanol–water partition coefficient (Wildman–Crippen LogP) is 4.20. The molecule has 1 aliphatic rings. The fourth-order valence-corrected chi connectivity index (χ4v) is 3.64. The van der Waals surface area contributed by atoms with E-state index in [2.05, 4.69) is 20.4 Å². The van der Waals surface area contributed by atoms with Gasteiger partial charge in [-0.3, -0.25) is 4.72 Å². The van der Waals surface area contributed by atoms with Gasteiger partial charge in [0.25, 0.3) is 5.13 Å². The molecule has 146 valence electrons. The summed E-state index contributed by atoms with van der Waals surface area (Å²) in [6.07, 6.45) is 1.89. The van der Waals surface area contributed by atoms with Gasteiger partial charge in [-0.15, -0.1) is 20.4 Å². The van der Waals surface area contributed by atoms with Gasteiger partial charge in [0.1, 0.15) is 11.2 Å². The Balaban J connectivity index is 1.99. The number of rotatable bonds is 5. The minimum atomic E-state index is -5.59. The van der Waals surface area contributed by atoms with Gasteiger partial charge < -0.3 is 4.90 Å². The number of anilines is 2. The van der Waals surface area contributed by atoms with Crippen molar-refractivity contribution in [2.75, 3.05) is 16.2 Å². The Morgan fingerprint density at radius 2 is 2.11 bits per heavy atom. The summed E-state index contributed by atoms with van der Waals surface area (Å²) in [5.41, 5.74) is -3.79. The molecule has 1 saturated heterocycles. The maximum atomic E-state index is 12.8. The Kier molecular flexibility index (Phi) is 5.33. The number of halogens is 3. The van der Waals surface area contributed by atoms with Gasteiger partial charge in [0.2, 0.25) is 0 Å². The molecule has 8 nitrogen and oxygen atoms in total. The minimum Gasteiger partial charge on any atom is -0.369 e. The minimum absolute atomic E-state index is 0.0615. The van der Waals surface area contributed by atoms with Crippen molar-refractivity contribution in [3.63, 3.8) is 0 Å². The van der Waals surface area contributed by atoms with Crippen LogP contribution in [-0.2, 0) is 10.0 Å². The van der Waals surface area contributed by atoms with Crippen molar-refractivity contribution in [3.8, 4) is 0 Å². The van der Waals surface area contributed by atoms with Crippen molar-refractivity contribution < 1.29 is 21.6 Å². The Morgan fingerprint density at radius 3 is 2.70 bits per heavy atom. The normalized spacial score (nSPS) is 18.4. The summed E-state index contributed by atoms with van der Waals surface area (Å²) in [5, 5.41) is 15.0. The van der Waals surface area contributed by atoms with E-state index in [1.165, 1.54) is 17.6 Å². The summed E-state index contributed by atoms with van der Waals surface area (Å²) in [6, 6.07) is 4.62. The van der Waals surface area contributed by atoms with Gasteiger partial charge in [0.05, 0.1) is 5.69 Å². The van der Waals surface area contributed by atoms with E-state index in [9.17, 15) is 21.6 Å². The topological polar surface area (TPSA) is 99.9 Å². The second-order valence-electron chi connectivity index (χ2n) is 5.86. The maximum absolute atomic E-state index is 12.8. The van der Waals surface area contributed by atoms with E-state index < -0.39 is 15.5 Å². The van der Waals surface area contributed by atoms with Crippen LogP contribution in [0.4, 0.5) is 35.4 Å². The van der Waals surface area contributed by atoms with Crippen LogP contribution in [0, 0.1) is 0 Å². The number of benzene rings is 1. The van der Waals surface area contributed by atoms with Gasteiger partial charge in [-0.05, 0) is 38.0 Å². The lowest BCUT2D eigenvalue weighted by Crippen LogP contribution is -2.30. The first-order chi connectivity index (χ1) is 12.7. The second kappa shape index (κ2) is 7.38. The molecule has 2 aromatic rings. The molecular formula is C14H15F3N6O2S2. The fraction of sp³-hybridized carbons (Fsp3) is 0.429. The monoisotopic (exact) mass is 420 g/mol. The first kappa shape index (κ1) is 19.5. The zero-order valence-electron chi connectivity index (χ0n) is 14.0. The Labute approximate surface area is 157 Å². The number of nitrogens with one attached hydrogen (secondary N) is 1. The number of nitrogens with zero attached hydrogens (tertiary/aromatic N) is 5. The molecule has 1 aromatic carbocycles. The highest BCUT2D eigenvalue weighted by molar-refractivity contribution is 7.93. The fourth-order valence-electron chi connectivity index (χ4n) is 2.70. The highest BCUT2D eigenvalue weighted by atomic mass is 32.2. The van der Waals surface area contributed by atoms with Gasteiger partial charge in [-0.25, -0.2) is 0 Å². The van der Waals surface area contributed by atoms with Crippen LogP contribution >= 0.6 is 11.3 Å². The quantitative estimate of drug-likeness (QED) is 0.731. The number of aromatic nitrogens is 2. The van der Waals surface area contributed by atoms with Crippen molar-refractivity contribution in [3.05, 3.63) is 23.7 Å². The van der Waals surface area contributed by atoms with Crippen molar-refractivity contribution in [2.45, 2.75) is 31.3 Å². The number of sulfonamides is 1. The number of hydrogen-bond acceptors (Lipinski definition) is 8. The van der Waals surface area contributed by atoms with Crippen molar-refractivity contribution in [1.29, 1.82) is 0 Å². The molecular weight excluding hydrogens is 405 g/mol. The molecule has 1 atom stereocenters. The maximum Gasteiger partial charge on any atom is 0.516 e. The molecule has 0 spiro atoms. The molecule has 0 radical (unpaired) electrons. The van der Waals surface area contributed by atoms with E-state index in [-0.39, 0.29) is 22.5 Å². The largest absolute Gasteiger partial charge is 0.516 e. The zero-order chi connectivity index (χ0) is 19.7. The molecule has 0 aliphatic carbocycles. The van der Waals surface area contributed by atoms with Gasteiger partial charge >= 0.3 is 15.5 Å². The van der Waals surface area contributed by atoms with E-state index in [1.54, 1.807) is 10.8 Å². The van der Waals surface area contributed by atoms with E-state index >= 15 is 0 Å². The average molecular weight is 420 g/mol. The van der Waals surface area contributed by atoms with Crippen molar-refractivity contribution in [2.24, 2.45) is 10.2 Å². The molecule has 3 rings (SSSR count). The first-order valence-electron chi connectivity index (χ1n) is 7.85. The molecule has 1 aliphatic heterocycles. The molecule has 1 N–H and O–H groups in total. The number of hydrogen-bond donors (Lipinski definition) is 1. The van der Waals surface area contributed by atoms with Crippen LogP contribution in [0.5, 0.6) is 0 Å². The van der Waals surface area contributed by atoms with Gasteiger partial charge in [0.15, 0.2) is 0 Å². The van der Waals surface area contributed by atoms with Crippen LogP contribution in [0.3, 0.4) is 0 Å². The SMILES string of the molecule is CC1CCCN1c1ccc(N=Nc2nncs2)c(NS(=O)(=O)C(F)(F)F)c1. The smallest absolute Gasteiger partial charge is 0.369 e. The van der Waals surface area contributed by atoms with Crippen LogP contribution < -0.4 is 9.62 Å². The lowest BCUT2D eigenvalue weighted by Gasteiger charge is -2.24. The van der Waals surface area contributed by atoms with Crippen LogP contribution in [0.2, 0.25) is 0 Å². The summed E-state index contributed by atoms with van der Waals surface area (Å²) in [5.74, 6) is 0. The van der Waals surface area contributed by atoms with Crippen LogP contribution in [-0.4, -0.2) is 36.7 Å². The van der Waals surface area contributed by atoms with Gasteiger partial charge in [-0.2, -0.15) is 21.6 Å². The molecule has 1 fully saturated rings. The van der Waals surface area contributed by atoms with Crippen molar-refractivity contribution >= 4 is 43.6 Å². The molecule has 0 saturated carbocycles. The standard InChI is InChI=1S/C14H15F3N6O2S2/c1-9-3-2-6-23(9)10-4-5-11(19-21-13-20-18-8-26-13)12(7-10)22-27(24,25)14(15,16)17/h4-5,7-9,22H,2-3,6H2,1H3. The third-order valence-electron chi connectivity index (χ3n) is 4.01. The predicted molar refractivity (Wildman–Crippen MR) is 95.2 cm³/mol.